The Balaban J connectivity index is 2.63. The van der Waals surface area contributed by atoms with Crippen LogP contribution in [0.25, 0.3) is 0 Å². The van der Waals surface area contributed by atoms with Gasteiger partial charge in [0, 0.05) is 13.2 Å². The maximum atomic E-state index is 9.69. The second-order valence-corrected chi connectivity index (χ2v) is 3.72. The van der Waals surface area contributed by atoms with Crippen LogP contribution >= 0.6 is 0 Å². The predicted octanol–water partition coefficient (Wildman–Crippen LogP) is 1.74. The summed E-state index contributed by atoms with van der Waals surface area (Å²) in [4.78, 5) is 1.82. The second-order valence-electron chi connectivity index (χ2n) is 3.72. The minimum absolute atomic E-state index is 0.419. The molecule has 0 spiro atoms. The Kier molecular flexibility index (Phi) is 2.93. The van der Waals surface area contributed by atoms with Crippen LogP contribution in [-0.4, -0.2) is 23.3 Å². The molecule has 0 aromatic heterocycles. The van der Waals surface area contributed by atoms with Crippen LogP contribution in [0.1, 0.15) is 20.3 Å². The van der Waals surface area contributed by atoms with Gasteiger partial charge >= 0.3 is 0 Å². The highest BCUT2D eigenvalue weighted by atomic mass is 16.3. The minimum atomic E-state index is -0.419. The molecule has 0 amide bonds. The topological polar surface area (TPSA) is 23.5 Å². The molecule has 0 aliphatic carbocycles. The number of allylic oxidation sites excluding steroid dienone is 2. The molecule has 2 heteroatoms. The summed E-state index contributed by atoms with van der Waals surface area (Å²) in [7, 11) is 1.88. The molecule has 68 valence electrons. The molecule has 1 aliphatic rings. The quantitative estimate of drug-likeness (QED) is 0.677. The van der Waals surface area contributed by atoms with Crippen LogP contribution in [0.2, 0.25) is 0 Å². The summed E-state index contributed by atoms with van der Waals surface area (Å²) in [6.45, 7) is 4.32. The van der Waals surface area contributed by atoms with Gasteiger partial charge in [0.05, 0.1) is 0 Å². The summed E-state index contributed by atoms with van der Waals surface area (Å²) in [5.74, 6) is 0.603. The van der Waals surface area contributed by atoms with Gasteiger partial charge in [-0.15, -0.1) is 0 Å². The lowest BCUT2D eigenvalue weighted by atomic mass is 10.00. The van der Waals surface area contributed by atoms with E-state index in [4.69, 9.17) is 0 Å². The molecular weight excluding hydrogens is 150 g/mol. The van der Waals surface area contributed by atoms with E-state index >= 15 is 0 Å². The summed E-state index contributed by atoms with van der Waals surface area (Å²) in [6.07, 6.45) is 6.41. The first kappa shape index (κ1) is 9.33. The lowest BCUT2D eigenvalue weighted by Gasteiger charge is -2.27. The summed E-state index contributed by atoms with van der Waals surface area (Å²) in [5, 5.41) is 9.69. The van der Waals surface area contributed by atoms with Crippen molar-refractivity contribution >= 4 is 0 Å². The van der Waals surface area contributed by atoms with E-state index in [1.807, 2.05) is 30.3 Å². The standard InChI is InChI=1S/C10H17NO/c1-8(2)7-9-5-4-6-11(3)10(9)12/h4-6,8,10,12H,7H2,1-3H3. The van der Waals surface area contributed by atoms with E-state index in [0.717, 1.165) is 12.0 Å². The molecular formula is C10H17NO. The van der Waals surface area contributed by atoms with Crippen molar-refractivity contribution in [2.24, 2.45) is 5.92 Å². The van der Waals surface area contributed by atoms with Crippen molar-refractivity contribution in [1.82, 2.24) is 4.90 Å². The van der Waals surface area contributed by atoms with Gasteiger partial charge in [0.25, 0.3) is 0 Å². The summed E-state index contributed by atoms with van der Waals surface area (Å²) < 4.78 is 0. The van der Waals surface area contributed by atoms with Gasteiger partial charge in [-0.3, -0.25) is 0 Å². The van der Waals surface area contributed by atoms with Crippen LogP contribution in [-0.2, 0) is 0 Å². The molecule has 2 nitrogen and oxygen atoms in total. The molecule has 1 N–H and O–H groups in total. The van der Waals surface area contributed by atoms with Gasteiger partial charge < -0.3 is 10.0 Å². The van der Waals surface area contributed by atoms with Crippen LogP contribution in [0.3, 0.4) is 0 Å². The van der Waals surface area contributed by atoms with Gasteiger partial charge in [0.15, 0.2) is 0 Å². The van der Waals surface area contributed by atoms with E-state index in [1.165, 1.54) is 0 Å². The molecule has 0 bridgehead atoms. The fraction of sp³-hybridized carbons (Fsp3) is 0.600. The number of aliphatic hydroxyl groups excluding tert-OH is 1. The SMILES string of the molecule is CC(C)CC1=CC=CN(C)C1O. The minimum Gasteiger partial charge on any atom is -0.370 e. The van der Waals surface area contributed by atoms with Crippen LogP contribution < -0.4 is 0 Å². The molecule has 0 aromatic carbocycles. The zero-order valence-electron chi connectivity index (χ0n) is 7.99. The van der Waals surface area contributed by atoms with Crippen molar-refractivity contribution in [1.29, 1.82) is 0 Å². The van der Waals surface area contributed by atoms with Gasteiger partial charge in [-0.25, -0.2) is 0 Å². The van der Waals surface area contributed by atoms with Crippen LogP contribution in [0.15, 0.2) is 23.9 Å². The average Bonchev–Trinajstić information content (AvgIpc) is 1.98. The molecule has 1 rings (SSSR count). The smallest absolute Gasteiger partial charge is 0.148 e. The van der Waals surface area contributed by atoms with Gasteiger partial charge in [0.1, 0.15) is 6.23 Å². The number of hydrogen-bond acceptors (Lipinski definition) is 2. The Hall–Kier alpha value is -0.760. The second kappa shape index (κ2) is 3.76. The molecule has 1 unspecified atom stereocenters. The van der Waals surface area contributed by atoms with Gasteiger partial charge in [-0.2, -0.15) is 0 Å². The average molecular weight is 167 g/mol. The maximum Gasteiger partial charge on any atom is 0.148 e. The van der Waals surface area contributed by atoms with Crippen LogP contribution in [0, 0.1) is 5.92 Å². The third-order valence-electron chi connectivity index (χ3n) is 1.99. The number of rotatable bonds is 2. The number of likely N-dealkylation sites (N-methyl/N-ethyl adjacent to an activating group) is 1. The van der Waals surface area contributed by atoms with Crippen molar-refractivity contribution in [3.63, 3.8) is 0 Å². The van der Waals surface area contributed by atoms with Crippen molar-refractivity contribution in [2.45, 2.75) is 26.5 Å². The van der Waals surface area contributed by atoms with Gasteiger partial charge in [-0.1, -0.05) is 19.9 Å². The van der Waals surface area contributed by atoms with E-state index in [2.05, 4.69) is 13.8 Å². The first-order valence-electron chi connectivity index (χ1n) is 4.38. The molecule has 0 saturated heterocycles. The number of nitrogens with zero attached hydrogens (tertiary/aromatic N) is 1. The highest BCUT2D eigenvalue weighted by molar-refractivity contribution is 5.20. The largest absolute Gasteiger partial charge is 0.370 e. The van der Waals surface area contributed by atoms with E-state index in [-0.39, 0.29) is 0 Å². The summed E-state index contributed by atoms with van der Waals surface area (Å²) in [6, 6.07) is 0. The molecule has 12 heavy (non-hydrogen) atoms. The molecule has 1 heterocycles. The monoisotopic (exact) mass is 167 g/mol. The van der Waals surface area contributed by atoms with E-state index < -0.39 is 6.23 Å². The third kappa shape index (κ3) is 2.11. The van der Waals surface area contributed by atoms with Crippen molar-refractivity contribution in [3.8, 4) is 0 Å². The predicted molar refractivity (Wildman–Crippen MR) is 50.4 cm³/mol. The normalized spacial score (nSPS) is 23.2. The lowest BCUT2D eigenvalue weighted by molar-refractivity contribution is 0.0811. The van der Waals surface area contributed by atoms with Crippen molar-refractivity contribution < 1.29 is 5.11 Å². The Morgan fingerprint density at radius 3 is 2.83 bits per heavy atom. The van der Waals surface area contributed by atoms with Crippen LogP contribution in [0.5, 0.6) is 0 Å². The van der Waals surface area contributed by atoms with E-state index in [9.17, 15) is 5.11 Å². The fourth-order valence-corrected chi connectivity index (χ4v) is 1.38. The van der Waals surface area contributed by atoms with E-state index in [0.29, 0.717) is 5.92 Å². The first-order valence-corrected chi connectivity index (χ1v) is 4.38. The Morgan fingerprint density at radius 1 is 1.58 bits per heavy atom. The van der Waals surface area contributed by atoms with Gasteiger partial charge in [-0.05, 0) is 24.0 Å². The van der Waals surface area contributed by atoms with Crippen LogP contribution in [0.4, 0.5) is 0 Å². The summed E-state index contributed by atoms with van der Waals surface area (Å²) in [5.41, 5.74) is 1.11. The molecule has 0 radical (unpaired) electrons. The molecule has 0 saturated carbocycles. The highest BCUT2D eigenvalue weighted by Crippen LogP contribution is 2.19. The zero-order valence-corrected chi connectivity index (χ0v) is 7.99. The Bertz CT molecular complexity index is 206. The molecule has 0 fully saturated rings. The molecule has 0 aromatic rings. The number of aliphatic hydroxyl groups is 1. The fourth-order valence-electron chi connectivity index (χ4n) is 1.38. The van der Waals surface area contributed by atoms with Gasteiger partial charge in [0.2, 0.25) is 0 Å². The third-order valence-corrected chi connectivity index (χ3v) is 1.99. The lowest BCUT2D eigenvalue weighted by Crippen LogP contribution is -2.30. The molecule has 1 aliphatic heterocycles. The first-order chi connectivity index (χ1) is 5.61. The summed E-state index contributed by atoms with van der Waals surface area (Å²) >= 11 is 0. The van der Waals surface area contributed by atoms with Crippen molar-refractivity contribution in [2.75, 3.05) is 7.05 Å². The Labute approximate surface area is 74.2 Å². The maximum absolute atomic E-state index is 9.69. The number of hydrogen-bond donors (Lipinski definition) is 1. The highest BCUT2D eigenvalue weighted by Gasteiger charge is 2.16. The Morgan fingerprint density at radius 2 is 2.25 bits per heavy atom. The zero-order chi connectivity index (χ0) is 9.14. The van der Waals surface area contributed by atoms with Crippen molar-refractivity contribution in [3.05, 3.63) is 23.9 Å². The molecule has 1 atom stereocenters. The van der Waals surface area contributed by atoms with E-state index in [1.54, 1.807) is 0 Å².